The van der Waals surface area contributed by atoms with Gasteiger partial charge in [0.15, 0.2) is 0 Å². The van der Waals surface area contributed by atoms with Crippen LogP contribution in [0.1, 0.15) is 35.7 Å². The summed E-state index contributed by atoms with van der Waals surface area (Å²) in [5.41, 5.74) is 2.35. The molecule has 1 aromatic carbocycles. The summed E-state index contributed by atoms with van der Waals surface area (Å²) in [6.45, 7) is 3.45. The maximum atomic E-state index is 12.4. The number of rotatable bonds is 5. The van der Waals surface area contributed by atoms with Gasteiger partial charge in [0.05, 0.1) is 18.8 Å². The molecular weight excluding hydrogens is 340 g/mol. The first-order chi connectivity index (χ1) is 12.2. The number of carbonyl (C=O) groups is 1. The molecule has 0 unspecified atom stereocenters. The van der Waals surface area contributed by atoms with Crippen LogP contribution < -0.4 is 10.1 Å². The van der Waals surface area contributed by atoms with E-state index >= 15 is 0 Å². The fourth-order valence-corrected chi connectivity index (χ4v) is 2.83. The summed E-state index contributed by atoms with van der Waals surface area (Å²) < 4.78 is 11.1. The molecule has 3 rings (SSSR count). The lowest BCUT2D eigenvalue weighted by Gasteiger charge is -2.23. The van der Waals surface area contributed by atoms with Crippen molar-refractivity contribution in [1.82, 2.24) is 4.98 Å². The monoisotopic (exact) mass is 360 g/mol. The number of amides is 1. The van der Waals surface area contributed by atoms with Crippen molar-refractivity contribution in [2.75, 3.05) is 18.5 Å². The number of aromatic nitrogens is 1. The van der Waals surface area contributed by atoms with E-state index in [1.807, 2.05) is 24.3 Å². The van der Waals surface area contributed by atoms with Gasteiger partial charge in [0.1, 0.15) is 11.1 Å². The molecule has 1 aliphatic heterocycles. The summed E-state index contributed by atoms with van der Waals surface area (Å²) in [5.74, 6) is 0.105. The van der Waals surface area contributed by atoms with E-state index < -0.39 is 0 Å². The Labute approximate surface area is 152 Å². The number of pyridine rings is 1. The number of nitrogens with one attached hydrogen (secondary N) is 1. The SMILES string of the molecule is CCc1ccc(NC(=O)c2cnc(OC3CCOCC3)c(Cl)c2)cc1. The van der Waals surface area contributed by atoms with Gasteiger partial charge in [0.25, 0.3) is 5.91 Å². The zero-order valence-corrected chi connectivity index (χ0v) is 14.9. The molecule has 1 amide bonds. The van der Waals surface area contributed by atoms with Crippen LogP contribution in [0.15, 0.2) is 36.5 Å². The van der Waals surface area contributed by atoms with E-state index in [-0.39, 0.29) is 12.0 Å². The zero-order valence-electron chi connectivity index (χ0n) is 14.1. The second-order valence-electron chi connectivity index (χ2n) is 5.95. The Morgan fingerprint density at radius 2 is 2.04 bits per heavy atom. The van der Waals surface area contributed by atoms with Gasteiger partial charge in [-0.3, -0.25) is 4.79 Å². The Bertz CT molecular complexity index is 728. The standard InChI is InChI=1S/C19H21ClN2O3/c1-2-13-3-5-15(6-4-13)22-18(23)14-11-17(20)19(21-12-14)25-16-7-9-24-10-8-16/h3-6,11-12,16H,2,7-10H2,1H3,(H,22,23). The highest BCUT2D eigenvalue weighted by Crippen LogP contribution is 2.26. The van der Waals surface area contributed by atoms with Crippen LogP contribution >= 0.6 is 11.6 Å². The van der Waals surface area contributed by atoms with E-state index in [9.17, 15) is 4.79 Å². The lowest BCUT2D eigenvalue weighted by atomic mass is 10.1. The van der Waals surface area contributed by atoms with E-state index in [4.69, 9.17) is 21.1 Å². The number of halogens is 1. The van der Waals surface area contributed by atoms with Crippen molar-refractivity contribution in [3.05, 3.63) is 52.7 Å². The Kier molecular flexibility index (Phi) is 5.89. The lowest BCUT2D eigenvalue weighted by molar-refractivity contribution is 0.0238. The van der Waals surface area contributed by atoms with Crippen LogP contribution in [-0.2, 0) is 11.2 Å². The molecule has 1 aliphatic rings. The molecule has 1 fully saturated rings. The van der Waals surface area contributed by atoms with Crippen molar-refractivity contribution in [1.29, 1.82) is 0 Å². The molecule has 6 heteroatoms. The smallest absolute Gasteiger partial charge is 0.257 e. The molecule has 0 radical (unpaired) electrons. The van der Waals surface area contributed by atoms with Crippen LogP contribution in [0.3, 0.4) is 0 Å². The highest BCUT2D eigenvalue weighted by molar-refractivity contribution is 6.32. The molecule has 0 atom stereocenters. The predicted octanol–water partition coefficient (Wildman–Crippen LogP) is 4.11. The van der Waals surface area contributed by atoms with Gasteiger partial charge in [0.2, 0.25) is 5.88 Å². The molecule has 0 bridgehead atoms. The number of hydrogen-bond donors (Lipinski definition) is 1. The minimum atomic E-state index is -0.253. The topological polar surface area (TPSA) is 60.5 Å². The number of hydrogen-bond acceptors (Lipinski definition) is 4. The van der Waals surface area contributed by atoms with Gasteiger partial charge >= 0.3 is 0 Å². The zero-order chi connectivity index (χ0) is 17.6. The molecule has 1 aromatic heterocycles. The van der Waals surface area contributed by atoms with Crippen LogP contribution in [0.25, 0.3) is 0 Å². The van der Waals surface area contributed by atoms with Crippen LogP contribution in [0.4, 0.5) is 5.69 Å². The Morgan fingerprint density at radius 1 is 1.32 bits per heavy atom. The normalized spacial score (nSPS) is 15.0. The quantitative estimate of drug-likeness (QED) is 0.871. The molecule has 2 aromatic rings. The van der Waals surface area contributed by atoms with Crippen LogP contribution in [-0.4, -0.2) is 30.2 Å². The average Bonchev–Trinajstić information content (AvgIpc) is 2.65. The van der Waals surface area contributed by atoms with Gasteiger partial charge in [-0.05, 0) is 30.2 Å². The fourth-order valence-electron chi connectivity index (χ4n) is 2.61. The summed E-state index contributed by atoms with van der Waals surface area (Å²) in [4.78, 5) is 16.6. The second kappa shape index (κ2) is 8.32. The third-order valence-corrected chi connectivity index (χ3v) is 4.41. The van der Waals surface area contributed by atoms with Crippen molar-refractivity contribution >= 4 is 23.2 Å². The first-order valence-corrected chi connectivity index (χ1v) is 8.83. The third-order valence-electron chi connectivity index (χ3n) is 4.14. The number of ether oxygens (including phenoxy) is 2. The third kappa shape index (κ3) is 4.71. The van der Waals surface area contributed by atoms with E-state index in [2.05, 4.69) is 17.2 Å². The summed E-state index contributed by atoms with van der Waals surface area (Å²) >= 11 is 6.24. The number of nitrogens with zero attached hydrogens (tertiary/aromatic N) is 1. The molecule has 0 aliphatic carbocycles. The minimum absolute atomic E-state index is 0.0514. The Morgan fingerprint density at radius 3 is 2.68 bits per heavy atom. The van der Waals surface area contributed by atoms with Gasteiger partial charge in [0, 0.05) is 24.7 Å². The lowest BCUT2D eigenvalue weighted by Crippen LogP contribution is -2.26. The van der Waals surface area contributed by atoms with Crippen molar-refractivity contribution < 1.29 is 14.3 Å². The van der Waals surface area contributed by atoms with Crippen molar-refractivity contribution in [2.24, 2.45) is 0 Å². The highest BCUT2D eigenvalue weighted by Gasteiger charge is 2.18. The largest absolute Gasteiger partial charge is 0.473 e. The van der Waals surface area contributed by atoms with Crippen LogP contribution in [0, 0.1) is 0 Å². The molecule has 1 saturated heterocycles. The van der Waals surface area contributed by atoms with E-state index in [0.717, 1.165) is 24.9 Å². The molecule has 2 heterocycles. The molecule has 0 saturated carbocycles. The number of aryl methyl sites for hydroxylation is 1. The highest BCUT2D eigenvalue weighted by atomic mass is 35.5. The molecule has 5 nitrogen and oxygen atoms in total. The van der Waals surface area contributed by atoms with Crippen molar-refractivity contribution in [3.8, 4) is 5.88 Å². The first kappa shape index (κ1) is 17.7. The van der Waals surface area contributed by atoms with Gasteiger partial charge in [-0.25, -0.2) is 4.98 Å². The number of carbonyl (C=O) groups excluding carboxylic acids is 1. The Balaban J connectivity index is 1.65. The van der Waals surface area contributed by atoms with Gasteiger partial charge in [-0.15, -0.1) is 0 Å². The molecular formula is C19H21ClN2O3. The fraction of sp³-hybridized carbons (Fsp3) is 0.368. The van der Waals surface area contributed by atoms with Gasteiger partial charge in [-0.2, -0.15) is 0 Å². The maximum Gasteiger partial charge on any atom is 0.257 e. The van der Waals surface area contributed by atoms with Crippen molar-refractivity contribution in [3.63, 3.8) is 0 Å². The summed E-state index contributed by atoms with van der Waals surface area (Å²) in [7, 11) is 0. The molecule has 132 valence electrons. The maximum absolute atomic E-state index is 12.4. The summed E-state index contributed by atoms with van der Waals surface area (Å²) in [6.07, 6.45) is 4.12. The average molecular weight is 361 g/mol. The second-order valence-corrected chi connectivity index (χ2v) is 6.35. The van der Waals surface area contributed by atoms with Gasteiger partial charge < -0.3 is 14.8 Å². The summed E-state index contributed by atoms with van der Waals surface area (Å²) in [6, 6.07) is 9.33. The number of benzene rings is 1. The van der Waals surface area contributed by atoms with E-state index in [1.165, 1.54) is 11.8 Å². The van der Waals surface area contributed by atoms with Crippen LogP contribution in [0.5, 0.6) is 5.88 Å². The number of anilines is 1. The summed E-state index contributed by atoms with van der Waals surface area (Å²) in [5, 5.41) is 3.18. The Hall–Kier alpha value is -2.11. The molecule has 1 N–H and O–H groups in total. The van der Waals surface area contributed by atoms with Crippen LogP contribution in [0.2, 0.25) is 5.02 Å². The first-order valence-electron chi connectivity index (χ1n) is 8.46. The minimum Gasteiger partial charge on any atom is -0.473 e. The van der Waals surface area contributed by atoms with E-state index in [0.29, 0.717) is 29.7 Å². The predicted molar refractivity (Wildman–Crippen MR) is 97.5 cm³/mol. The molecule has 25 heavy (non-hydrogen) atoms. The van der Waals surface area contributed by atoms with Crippen molar-refractivity contribution in [2.45, 2.75) is 32.3 Å². The van der Waals surface area contributed by atoms with E-state index in [1.54, 1.807) is 6.07 Å². The molecule has 0 spiro atoms. The van der Waals surface area contributed by atoms with Gasteiger partial charge in [-0.1, -0.05) is 30.7 Å².